The number of benzene rings is 1. The van der Waals surface area contributed by atoms with Crippen LogP contribution >= 0.6 is 11.3 Å². The van der Waals surface area contributed by atoms with E-state index in [2.05, 4.69) is 9.97 Å². The zero-order valence-corrected chi connectivity index (χ0v) is 19.4. The van der Waals surface area contributed by atoms with Gasteiger partial charge in [-0.2, -0.15) is 0 Å². The lowest BCUT2D eigenvalue weighted by molar-refractivity contribution is 0.0696. The summed E-state index contributed by atoms with van der Waals surface area (Å²) in [5.41, 5.74) is 3.46. The number of hydrogen-bond donors (Lipinski definition) is 2. The van der Waals surface area contributed by atoms with Crippen LogP contribution in [0.1, 0.15) is 21.7 Å². The molecule has 0 spiro atoms. The minimum Gasteiger partial charge on any atom is -0.497 e. The Hall–Kier alpha value is -3.66. The van der Waals surface area contributed by atoms with E-state index in [0.29, 0.717) is 25.3 Å². The number of hydrogen-bond acceptors (Lipinski definition) is 8. The Balaban J connectivity index is 1.50. The summed E-state index contributed by atoms with van der Waals surface area (Å²) in [6.45, 7) is 1.25. The van der Waals surface area contributed by atoms with Gasteiger partial charge in [-0.1, -0.05) is 6.07 Å². The van der Waals surface area contributed by atoms with Crippen molar-refractivity contribution < 1.29 is 19.7 Å². The van der Waals surface area contributed by atoms with Gasteiger partial charge in [-0.15, -0.1) is 11.3 Å². The van der Waals surface area contributed by atoms with E-state index in [1.807, 2.05) is 53.6 Å². The molecule has 34 heavy (non-hydrogen) atoms. The zero-order chi connectivity index (χ0) is 23.9. The second kappa shape index (κ2) is 11.0. The van der Waals surface area contributed by atoms with Crippen molar-refractivity contribution in [3.63, 3.8) is 0 Å². The van der Waals surface area contributed by atoms with Crippen LogP contribution in [0.3, 0.4) is 0 Å². The van der Waals surface area contributed by atoms with Gasteiger partial charge in [0.1, 0.15) is 10.8 Å². The SMILES string of the molecule is COc1ccc(-c2cnc(-c3cccc(CN(CCO)Cc4cc(C(=O)O)ccn4)n3)s2)cc1. The number of aromatic nitrogens is 3. The highest BCUT2D eigenvalue weighted by molar-refractivity contribution is 7.18. The van der Waals surface area contributed by atoms with Gasteiger partial charge in [0.2, 0.25) is 0 Å². The van der Waals surface area contributed by atoms with Crippen molar-refractivity contribution in [1.29, 1.82) is 0 Å². The number of thiazole rings is 1. The number of aliphatic hydroxyl groups is 1. The minimum absolute atomic E-state index is 0.0317. The monoisotopic (exact) mass is 476 g/mol. The number of rotatable bonds is 10. The van der Waals surface area contributed by atoms with E-state index in [1.54, 1.807) is 24.5 Å². The molecule has 8 nitrogen and oxygen atoms in total. The summed E-state index contributed by atoms with van der Waals surface area (Å²) in [4.78, 5) is 27.9. The minimum atomic E-state index is -0.996. The Labute approximate surface area is 201 Å². The first-order valence-corrected chi connectivity index (χ1v) is 11.5. The summed E-state index contributed by atoms with van der Waals surface area (Å²) in [7, 11) is 1.64. The number of aliphatic hydroxyl groups excluding tert-OH is 1. The number of methoxy groups -OCH3 is 1. The maximum Gasteiger partial charge on any atom is 0.335 e. The van der Waals surface area contributed by atoms with Crippen LogP contribution in [0.15, 0.2) is 67.0 Å². The van der Waals surface area contributed by atoms with Gasteiger partial charge in [-0.25, -0.2) is 14.8 Å². The third-order valence-electron chi connectivity index (χ3n) is 5.16. The molecule has 9 heteroatoms. The van der Waals surface area contributed by atoms with E-state index in [9.17, 15) is 15.0 Å². The third kappa shape index (κ3) is 5.82. The highest BCUT2D eigenvalue weighted by Crippen LogP contribution is 2.32. The summed E-state index contributed by atoms with van der Waals surface area (Å²) in [6, 6.07) is 16.6. The van der Waals surface area contributed by atoms with Crippen LogP contribution in [0.5, 0.6) is 5.75 Å². The number of pyridine rings is 2. The third-order valence-corrected chi connectivity index (χ3v) is 6.23. The number of carboxylic acid groups (broad SMARTS) is 1. The van der Waals surface area contributed by atoms with E-state index in [1.165, 1.54) is 12.3 Å². The van der Waals surface area contributed by atoms with Crippen LogP contribution in [0.25, 0.3) is 21.1 Å². The van der Waals surface area contributed by atoms with Crippen molar-refractivity contribution >= 4 is 17.3 Å². The van der Waals surface area contributed by atoms with Gasteiger partial charge in [-0.05, 0) is 54.1 Å². The molecule has 1 aromatic carbocycles. The van der Waals surface area contributed by atoms with E-state index in [4.69, 9.17) is 9.72 Å². The molecule has 0 bridgehead atoms. The van der Waals surface area contributed by atoms with Gasteiger partial charge in [0.05, 0.1) is 41.2 Å². The summed E-state index contributed by atoms with van der Waals surface area (Å²) in [6.07, 6.45) is 3.33. The smallest absolute Gasteiger partial charge is 0.335 e. The molecule has 0 radical (unpaired) electrons. The Morgan fingerprint density at radius 2 is 1.85 bits per heavy atom. The Morgan fingerprint density at radius 1 is 1.06 bits per heavy atom. The predicted octanol–water partition coefficient (Wildman–Crippen LogP) is 3.97. The number of nitrogens with zero attached hydrogens (tertiary/aromatic N) is 4. The van der Waals surface area contributed by atoms with E-state index in [0.717, 1.165) is 32.6 Å². The topological polar surface area (TPSA) is 109 Å². The molecule has 0 aliphatic carbocycles. The Morgan fingerprint density at radius 3 is 2.59 bits per heavy atom. The van der Waals surface area contributed by atoms with Crippen molar-refractivity contribution in [3.8, 4) is 26.9 Å². The van der Waals surface area contributed by atoms with Crippen molar-refractivity contribution in [2.24, 2.45) is 0 Å². The molecule has 2 N–H and O–H groups in total. The van der Waals surface area contributed by atoms with Crippen molar-refractivity contribution in [3.05, 3.63) is 83.9 Å². The summed E-state index contributed by atoms with van der Waals surface area (Å²) < 4.78 is 5.22. The zero-order valence-electron chi connectivity index (χ0n) is 18.6. The predicted molar refractivity (Wildman–Crippen MR) is 130 cm³/mol. The van der Waals surface area contributed by atoms with Gasteiger partial charge >= 0.3 is 5.97 Å². The van der Waals surface area contributed by atoms with Gasteiger partial charge in [0.25, 0.3) is 0 Å². The molecule has 0 saturated heterocycles. The molecule has 0 aliphatic heterocycles. The van der Waals surface area contributed by atoms with E-state index < -0.39 is 5.97 Å². The fourth-order valence-electron chi connectivity index (χ4n) is 3.48. The second-order valence-corrected chi connectivity index (χ2v) is 8.58. The van der Waals surface area contributed by atoms with Gasteiger partial charge in [0.15, 0.2) is 0 Å². The molecule has 0 aliphatic rings. The highest BCUT2D eigenvalue weighted by atomic mass is 32.1. The lowest BCUT2D eigenvalue weighted by Crippen LogP contribution is -2.27. The largest absolute Gasteiger partial charge is 0.497 e. The van der Waals surface area contributed by atoms with Gasteiger partial charge in [-0.3, -0.25) is 9.88 Å². The molecule has 4 aromatic rings. The lowest BCUT2D eigenvalue weighted by Gasteiger charge is -2.20. The van der Waals surface area contributed by atoms with Crippen LogP contribution in [0.4, 0.5) is 0 Å². The number of carbonyl (C=O) groups is 1. The first-order valence-electron chi connectivity index (χ1n) is 10.6. The fraction of sp³-hybridized carbons (Fsp3) is 0.200. The van der Waals surface area contributed by atoms with Crippen molar-refractivity contribution in [2.75, 3.05) is 20.3 Å². The fourth-order valence-corrected chi connectivity index (χ4v) is 4.37. The second-order valence-electron chi connectivity index (χ2n) is 7.55. The summed E-state index contributed by atoms with van der Waals surface area (Å²) in [5, 5.41) is 19.6. The van der Waals surface area contributed by atoms with Gasteiger partial charge < -0.3 is 14.9 Å². The molecule has 4 rings (SSSR count). The van der Waals surface area contributed by atoms with E-state index >= 15 is 0 Å². The molecular weight excluding hydrogens is 452 g/mol. The van der Waals surface area contributed by atoms with Crippen molar-refractivity contribution in [2.45, 2.75) is 13.1 Å². The molecule has 3 aromatic heterocycles. The van der Waals surface area contributed by atoms with Crippen LogP contribution < -0.4 is 4.74 Å². The average Bonchev–Trinajstić information content (AvgIpc) is 3.35. The maximum atomic E-state index is 11.2. The number of carboxylic acids is 1. The molecule has 3 heterocycles. The summed E-state index contributed by atoms with van der Waals surface area (Å²) >= 11 is 1.56. The summed E-state index contributed by atoms with van der Waals surface area (Å²) in [5.74, 6) is -0.190. The molecule has 0 unspecified atom stereocenters. The Bertz CT molecular complexity index is 1260. The van der Waals surface area contributed by atoms with Crippen LogP contribution in [0.2, 0.25) is 0 Å². The maximum absolute atomic E-state index is 11.2. The van der Waals surface area contributed by atoms with Crippen molar-refractivity contribution in [1.82, 2.24) is 19.9 Å². The van der Waals surface area contributed by atoms with Gasteiger partial charge in [0, 0.05) is 32.0 Å². The standard InChI is InChI=1S/C25H24N4O4S/c1-33-21-7-5-17(6-8-21)23-14-27-24(34-23)22-4-2-3-19(28-22)15-29(11-12-30)16-20-13-18(25(31)32)9-10-26-20/h2-10,13-14,30H,11-12,15-16H2,1H3,(H,31,32). The molecule has 0 atom stereocenters. The van der Waals surface area contributed by atoms with Crippen LogP contribution in [0, 0.1) is 0 Å². The Kier molecular flexibility index (Phi) is 7.58. The highest BCUT2D eigenvalue weighted by Gasteiger charge is 2.13. The number of aromatic carboxylic acids is 1. The normalized spacial score (nSPS) is 11.0. The molecule has 174 valence electrons. The molecular formula is C25H24N4O4S. The molecule has 0 amide bonds. The molecule has 0 saturated carbocycles. The number of ether oxygens (including phenoxy) is 1. The first kappa shape index (κ1) is 23.5. The average molecular weight is 477 g/mol. The first-order chi connectivity index (χ1) is 16.6. The van der Waals surface area contributed by atoms with Crippen LogP contribution in [-0.4, -0.2) is 56.3 Å². The van der Waals surface area contributed by atoms with Crippen LogP contribution in [-0.2, 0) is 13.1 Å². The quantitative estimate of drug-likeness (QED) is 0.354. The molecule has 0 fully saturated rings. The van der Waals surface area contributed by atoms with E-state index in [-0.39, 0.29) is 12.2 Å². The lowest BCUT2D eigenvalue weighted by atomic mass is 10.2.